The first-order valence-electron chi connectivity index (χ1n) is 8.47. The van der Waals surface area contributed by atoms with Crippen molar-refractivity contribution in [3.05, 3.63) is 52.5 Å². The molecular formula is C19H20F2N4O2. The van der Waals surface area contributed by atoms with Gasteiger partial charge in [-0.25, -0.2) is 18.3 Å². The number of hydrogen-bond acceptors (Lipinski definition) is 4. The summed E-state index contributed by atoms with van der Waals surface area (Å²) in [5.41, 5.74) is 2.13. The third-order valence-electron chi connectivity index (χ3n) is 4.34. The van der Waals surface area contributed by atoms with Gasteiger partial charge in [0, 0.05) is 11.4 Å². The molecule has 6 nitrogen and oxygen atoms in total. The molecule has 0 saturated carbocycles. The lowest BCUT2D eigenvalue weighted by Crippen LogP contribution is -2.14. The molecule has 3 aromatic rings. The summed E-state index contributed by atoms with van der Waals surface area (Å²) < 4.78 is 27.4. The zero-order valence-electron chi connectivity index (χ0n) is 15.4. The fourth-order valence-electron chi connectivity index (χ4n) is 2.92. The standard InChI is InChI=1S/C19H20F2N4O2/c1-9(2)12-7-14(10(3)5-16(12)26)24-19(27)13-8-22-25-15(17(20)21)6-11(4)23-18(13)25/h5-9,17,26H,1-4H3,(H,24,27). The molecule has 0 fully saturated rings. The number of carbonyl (C=O) groups excluding carboxylic acids is 1. The van der Waals surface area contributed by atoms with Gasteiger partial charge in [-0.3, -0.25) is 4.79 Å². The summed E-state index contributed by atoms with van der Waals surface area (Å²) in [5.74, 6) is -0.279. The van der Waals surface area contributed by atoms with Crippen molar-refractivity contribution in [2.75, 3.05) is 5.32 Å². The Morgan fingerprint density at radius 3 is 2.56 bits per heavy atom. The number of benzene rings is 1. The van der Waals surface area contributed by atoms with Crippen LogP contribution in [0.3, 0.4) is 0 Å². The fourth-order valence-corrected chi connectivity index (χ4v) is 2.92. The number of aromatic nitrogens is 3. The van der Waals surface area contributed by atoms with Gasteiger partial charge in [-0.1, -0.05) is 13.8 Å². The monoisotopic (exact) mass is 374 g/mol. The van der Waals surface area contributed by atoms with Crippen LogP contribution in [-0.2, 0) is 0 Å². The van der Waals surface area contributed by atoms with E-state index >= 15 is 0 Å². The molecule has 0 spiro atoms. The highest BCUT2D eigenvalue weighted by atomic mass is 19.3. The first kappa shape index (κ1) is 18.8. The zero-order valence-corrected chi connectivity index (χ0v) is 15.4. The minimum absolute atomic E-state index is 0.0659. The molecule has 1 aromatic carbocycles. The number of amides is 1. The molecule has 0 aliphatic heterocycles. The van der Waals surface area contributed by atoms with Crippen molar-refractivity contribution < 1.29 is 18.7 Å². The number of anilines is 1. The van der Waals surface area contributed by atoms with E-state index in [1.165, 1.54) is 12.3 Å². The van der Waals surface area contributed by atoms with Crippen molar-refractivity contribution in [3.8, 4) is 5.75 Å². The Labute approximate surface area is 154 Å². The van der Waals surface area contributed by atoms with E-state index in [9.17, 15) is 18.7 Å². The number of phenolic OH excluding ortho intramolecular Hbond substituents is 1. The highest BCUT2D eigenvalue weighted by Gasteiger charge is 2.21. The Morgan fingerprint density at radius 1 is 1.22 bits per heavy atom. The van der Waals surface area contributed by atoms with Gasteiger partial charge in [0.05, 0.1) is 6.20 Å². The predicted octanol–water partition coefficient (Wildman–Crippen LogP) is 4.37. The molecule has 2 aromatic heterocycles. The average molecular weight is 374 g/mol. The summed E-state index contributed by atoms with van der Waals surface area (Å²) in [7, 11) is 0. The normalized spacial score (nSPS) is 11.6. The highest BCUT2D eigenvalue weighted by Crippen LogP contribution is 2.31. The molecule has 2 heterocycles. The number of fused-ring (bicyclic) bond motifs is 1. The van der Waals surface area contributed by atoms with Gasteiger partial charge < -0.3 is 10.4 Å². The number of alkyl halides is 2. The van der Waals surface area contributed by atoms with Gasteiger partial charge in [-0.2, -0.15) is 5.10 Å². The van der Waals surface area contributed by atoms with Gasteiger partial charge in [-0.05, 0) is 49.1 Å². The summed E-state index contributed by atoms with van der Waals surface area (Å²) in [6.45, 7) is 7.20. The number of nitrogens with zero attached hydrogens (tertiary/aromatic N) is 3. The smallest absolute Gasteiger partial charge is 0.280 e. The van der Waals surface area contributed by atoms with Crippen molar-refractivity contribution in [2.24, 2.45) is 0 Å². The lowest BCUT2D eigenvalue weighted by molar-refractivity contribution is 0.102. The number of aryl methyl sites for hydroxylation is 2. The lowest BCUT2D eigenvalue weighted by Gasteiger charge is -2.14. The fraction of sp³-hybridized carbons (Fsp3) is 0.316. The van der Waals surface area contributed by atoms with E-state index in [1.807, 2.05) is 13.8 Å². The molecule has 0 radical (unpaired) electrons. The Hall–Kier alpha value is -3.03. The second-order valence-electron chi connectivity index (χ2n) is 6.75. The highest BCUT2D eigenvalue weighted by molar-refractivity contribution is 6.08. The summed E-state index contributed by atoms with van der Waals surface area (Å²) in [4.78, 5) is 16.9. The largest absolute Gasteiger partial charge is 0.508 e. The molecule has 0 saturated heterocycles. The van der Waals surface area contributed by atoms with Crippen molar-refractivity contribution >= 4 is 17.2 Å². The molecule has 0 atom stereocenters. The lowest BCUT2D eigenvalue weighted by atomic mass is 9.99. The van der Waals surface area contributed by atoms with Crippen LogP contribution in [0.2, 0.25) is 0 Å². The van der Waals surface area contributed by atoms with Crippen LogP contribution in [0.1, 0.15) is 59.1 Å². The Bertz CT molecular complexity index is 1030. The van der Waals surface area contributed by atoms with Crippen LogP contribution in [-0.4, -0.2) is 25.6 Å². The van der Waals surface area contributed by atoms with Crippen LogP contribution in [0.4, 0.5) is 14.5 Å². The maximum atomic E-state index is 13.2. The minimum atomic E-state index is -2.74. The number of hydrogen-bond donors (Lipinski definition) is 2. The van der Waals surface area contributed by atoms with E-state index in [0.717, 1.165) is 4.52 Å². The molecule has 0 aliphatic rings. The molecule has 2 N–H and O–H groups in total. The number of rotatable bonds is 4. The third-order valence-corrected chi connectivity index (χ3v) is 4.34. The summed E-state index contributed by atoms with van der Waals surface area (Å²) in [5, 5.41) is 16.7. The number of carbonyl (C=O) groups is 1. The first-order valence-corrected chi connectivity index (χ1v) is 8.47. The first-order chi connectivity index (χ1) is 12.7. The molecule has 27 heavy (non-hydrogen) atoms. The Morgan fingerprint density at radius 2 is 1.93 bits per heavy atom. The SMILES string of the molecule is Cc1cc(C(F)F)n2ncc(C(=O)Nc3cc(C(C)C)c(O)cc3C)c2n1. The van der Waals surface area contributed by atoms with E-state index in [-0.39, 0.29) is 28.6 Å². The second kappa shape index (κ2) is 6.94. The zero-order chi connectivity index (χ0) is 19.9. The Balaban J connectivity index is 2.02. The Kier molecular flexibility index (Phi) is 4.82. The van der Waals surface area contributed by atoms with Gasteiger partial charge >= 0.3 is 0 Å². The van der Waals surface area contributed by atoms with Crippen LogP contribution < -0.4 is 5.32 Å². The third kappa shape index (κ3) is 3.47. The second-order valence-corrected chi connectivity index (χ2v) is 6.75. The van der Waals surface area contributed by atoms with E-state index < -0.39 is 12.3 Å². The van der Waals surface area contributed by atoms with Crippen molar-refractivity contribution in [3.63, 3.8) is 0 Å². The van der Waals surface area contributed by atoms with E-state index in [2.05, 4.69) is 15.4 Å². The van der Waals surface area contributed by atoms with Gasteiger partial charge in [0.25, 0.3) is 12.3 Å². The van der Waals surface area contributed by atoms with Crippen LogP contribution in [0.15, 0.2) is 24.4 Å². The van der Waals surface area contributed by atoms with E-state index in [4.69, 9.17) is 0 Å². The molecule has 1 amide bonds. The van der Waals surface area contributed by atoms with Gasteiger partial charge in [0.2, 0.25) is 0 Å². The molecule has 0 unspecified atom stereocenters. The number of nitrogens with one attached hydrogen (secondary N) is 1. The molecule has 142 valence electrons. The van der Waals surface area contributed by atoms with E-state index in [0.29, 0.717) is 22.5 Å². The number of halogens is 2. The molecule has 0 bridgehead atoms. The van der Waals surface area contributed by atoms with Gasteiger partial charge in [-0.15, -0.1) is 0 Å². The van der Waals surface area contributed by atoms with Crippen molar-refractivity contribution in [1.82, 2.24) is 14.6 Å². The molecule has 3 rings (SSSR count). The number of aromatic hydroxyl groups is 1. The van der Waals surface area contributed by atoms with Crippen molar-refractivity contribution in [1.29, 1.82) is 0 Å². The maximum absolute atomic E-state index is 13.2. The van der Waals surface area contributed by atoms with Crippen molar-refractivity contribution in [2.45, 2.75) is 40.0 Å². The maximum Gasteiger partial charge on any atom is 0.280 e. The minimum Gasteiger partial charge on any atom is -0.508 e. The molecule has 8 heteroatoms. The molecule has 0 aliphatic carbocycles. The van der Waals surface area contributed by atoms with Crippen LogP contribution in [0.5, 0.6) is 5.75 Å². The number of phenols is 1. The van der Waals surface area contributed by atoms with Crippen LogP contribution in [0.25, 0.3) is 5.65 Å². The van der Waals surface area contributed by atoms with Crippen LogP contribution in [0, 0.1) is 13.8 Å². The predicted molar refractivity (Wildman–Crippen MR) is 97.6 cm³/mol. The van der Waals surface area contributed by atoms with Gasteiger partial charge in [0.1, 0.15) is 17.0 Å². The average Bonchev–Trinajstić information content (AvgIpc) is 2.99. The quantitative estimate of drug-likeness (QED) is 0.665. The summed E-state index contributed by atoms with van der Waals surface area (Å²) in [6.07, 6.45) is -1.51. The summed E-state index contributed by atoms with van der Waals surface area (Å²) in [6, 6.07) is 4.53. The summed E-state index contributed by atoms with van der Waals surface area (Å²) >= 11 is 0. The van der Waals surface area contributed by atoms with Crippen LogP contribution >= 0.6 is 0 Å². The van der Waals surface area contributed by atoms with Gasteiger partial charge in [0.15, 0.2) is 5.65 Å². The topological polar surface area (TPSA) is 79.5 Å². The van der Waals surface area contributed by atoms with E-state index in [1.54, 1.807) is 26.0 Å². The molecular weight excluding hydrogens is 354 g/mol.